The molecule has 0 saturated carbocycles. The Kier molecular flexibility index (Phi) is 11.3. The monoisotopic (exact) mass is 835 g/mol. The molecule has 6 heterocycles. The molecule has 2 aliphatic heterocycles. The van der Waals surface area contributed by atoms with E-state index >= 15 is 0 Å². The third-order valence-electron chi connectivity index (χ3n) is 9.06. The fraction of sp³-hybridized carbons (Fsp3) is 0.500. The number of hydrogen-bond acceptors (Lipinski definition) is 18. The highest BCUT2D eigenvalue weighted by Gasteiger charge is 2.53. The van der Waals surface area contributed by atoms with Crippen molar-refractivity contribution in [1.29, 1.82) is 0 Å². The molecule has 2 aliphatic rings. The molecule has 0 aromatic carbocycles. The lowest BCUT2D eigenvalue weighted by molar-refractivity contribution is -0.275. The summed E-state index contributed by atoms with van der Waals surface area (Å²) in [7, 11) is -5.40. The molecule has 27 heteroatoms. The van der Waals surface area contributed by atoms with E-state index in [4.69, 9.17) is 23.0 Å². The van der Waals surface area contributed by atoms with Crippen LogP contribution in [-0.2, 0) is 37.9 Å². The predicted octanol–water partition coefficient (Wildman–Crippen LogP) is -3.27. The van der Waals surface area contributed by atoms with Crippen LogP contribution in [0.4, 0.5) is 0 Å². The Morgan fingerprint density at radius 1 is 0.891 bits per heavy atom. The van der Waals surface area contributed by atoms with Crippen LogP contribution in [0.2, 0.25) is 0 Å². The van der Waals surface area contributed by atoms with Gasteiger partial charge in [-0.3, -0.25) is 46.6 Å². The Morgan fingerprint density at radius 3 is 2.20 bits per heavy atom. The topological polar surface area (TPSA) is 337 Å². The average Bonchev–Trinajstić information content (AvgIpc) is 3.74. The predicted molar refractivity (Wildman–Crippen MR) is 182 cm³/mol. The molecule has 6 N–H and O–H groups in total. The van der Waals surface area contributed by atoms with E-state index in [0.29, 0.717) is 14.8 Å². The van der Waals surface area contributed by atoms with Gasteiger partial charge in [0, 0.05) is 41.0 Å². The minimum absolute atomic E-state index is 0.0915. The van der Waals surface area contributed by atoms with Crippen LogP contribution < -0.4 is 33.2 Å². The first kappa shape index (κ1) is 40.8. The molecular formula is C28H33N6O18P2S-. The van der Waals surface area contributed by atoms with Gasteiger partial charge in [-0.15, -0.1) is 0 Å². The van der Waals surface area contributed by atoms with E-state index in [1.165, 1.54) is 18.4 Å². The minimum atomic E-state index is -5.40. The number of rotatable bonds is 13. The summed E-state index contributed by atoms with van der Waals surface area (Å²) in [6.45, 7) is -2.49. The number of nitrogens with one attached hydrogen (secondary N) is 1. The SMILES string of the molecule is Cc1c(C)n2c(CSP(=O)(O)O[C@@H]3[C@H](OP(=O)(O)OC[C@H]4O[C@@H](n5ccc([O-])nc5=O)[C@H](O)[C@@H]4O)[C@@H](CO)O[C@H]3n3ccc(=O)[nH]c3=O)c(C)c(=O)n2c1=O. The number of phosphoric ester groups is 1. The standard InChI is InChI=1S/C28H34N6O18P2S/c1-11-13(3)33-14(12(2)24(41)34(33)23(11)40)10-55-54(46,47)52-22-21(15(8-35)49-26(22)32-7-5-18(37)30-28(32)43)51-53(44,45)48-9-16-19(38)20(39)25(50-16)31-6-4-17(36)29-27(31)42/h4-7,15-16,19-22,25-26,35,38-39H,8-10H2,1-3H3,(H,44,45)(H,46,47)(H,29,36,42)(H,30,37,43)/p-1/t15-,16-,19-,20-,21-,22-,25-,26-/m1/s1. The number of ether oxygens (including phenoxy) is 2. The fourth-order valence-electron chi connectivity index (χ4n) is 6.14. The van der Waals surface area contributed by atoms with Crippen molar-refractivity contribution in [3.05, 3.63) is 99.1 Å². The number of hydrogen-bond donors (Lipinski definition) is 6. The van der Waals surface area contributed by atoms with Crippen LogP contribution in [0.25, 0.3) is 0 Å². The summed E-state index contributed by atoms with van der Waals surface area (Å²) in [5.41, 5.74) is -3.40. The van der Waals surface area contributed by atoms with Gasteiger partial charge in [-0.2, -0.15) is 4.52 Å². The van der Waals surface area contributed by atoms with Crippen molar-refractivity contribution in [2.24, 2.45) is 0 Å². The van der Waals surface area contributed by atoms with E-state index in [2.05, 4.69) is 4.98 Å². The highest BCUT2D eigenvalue weighted by molar-refractivity contribution is 8.54. The van der Waals surface area contributed by atoms with Gasteiger partial charge in [-0.1, -0.05) is 0 Å². The first-order chi connectivity index (χ1) is 25.7. The van der Waals surface area contributed by atoms with Crippen molar-refractivity contribution in [3.63, 3.8) is 0 Å². The molecule has 2 unspecified atom stereocenters. The van der Waals surface area contributed by atoms with E-state index in [9.17, 15) is 63.3 Å². The largest absolute Gasteiger partial charge is 0.858 e. The van der Waals surface area contributed by atoms with Gasteiger partial charge in [-0.05, 0) is 44.1 Å². The molecule has 300 valence electrons. The maximum absolute atomic E-state index is 13.7. The Bertz CT molecular complexity index is 2500. The summed E-state index contributed by atoms with van der Waals surface area (Å²) in [6, 6.07) is 1.77. The smallest absolute Gasteiger partial charge is 0.472 e. The Labute approximate surface area is 309 Å². The van der Waals surface area contributed by atoms with Crippen molar-refractivity contribution in [3.8, 4) is 5.88 Å². The Balaban J connectivity index is 1.24. The van der Waals surface area contributed by atoms with Crippen LogP contribution in [0.3, 0.4) is 0 Å². The first-order valence-electron chi connectivity index (χ1n) is 16.0. The second-order valence-corrected chi connectivity index (χ2v) is 17.7. The minimum Gasteiger partial charge on any atom is -0.858 e. The van der Waals surface area contributed by atoms with Gasteiger partial charge in [0.15, 0.2) is 12.5 Å². The molecule has 2 fully saturated rings. The summed E-state index contributed by atoms with van der Waals surface area (Å²) in [5, 5.41) is 42.5. The van der Waals surface area contributed by atoms with Gasteiger partial charge < -0.3 is 39.7 Å². The van der Waals surface area contributed by atoms with Crippen molar-refractivity contribution in [2.75, 3.05) is 13.2 Å². The van der Waals surface area contributed by atoms with Crippen molar-refractivity contribution >= 4 is 26.0 Å². The quantitative estimate of drug-likeness (QED) is 0.0720. The second kappa shape index (κ2) is 15.3. The van der Waals surface area contributed by atoms with Crippen LogP contribution >= 0.6 is 26.0 Å². The molecular weight excluding hydrogens is 802 g/mol. The number of aryl methyl sites for hydroxylation is 1. The number of H-pyrrole nitrogens is 1. The number of aromatic nitrogens is 6. The van der Waals surface area contributed by atoms with Crippen LogP contribution in [0, 0.1) is 20.8 Å². The maximum atomic E-state index is 13.7. The van der Waals surface area contributed by atoms with Gasteiger partial charge in [0.25, 0.3) is 16.7 Å². The van der Waals surface area contributed by atoms with E-state index in [-0.39, 0.29) is 28.2 Å². The summed E-state index contributed by atoms with van der Waals surface area (Å²) in [5.74, 6) is -1.28. The molecule has 6 rings (SSSR count). The van der Waals surface area contributed by atoms with E-state index in [0.717, 1.165) is 29.0 Å². The molecule has 4 aromatic rings. The summed E-state index contributed by atoms with van der Waals surface area (Å²) < 4.78 is 57.5. The number of aromatic amines is 1. The highest BCUT2D eigenvalue weighted by Crippen LogP contribution is 2.61. The molecule has 10 atom stereocenters. The lowest BCUT2D eigenvalue weighted by Gasteiger charge is -2.27. The van der Waals surface area contributed by atoms with Gasteiger partial charge in [0.1, 0.15) is 36.6 Å². The Morgan fingerprint density at radius 2 is 1.55 bits per heavy atom. The highest BCUT2D eigenvalue weighted by atomic mass is 32.7. The van der Waals surface area contributed by atoms with Crippen molar-refractivity contribution in [1.82, 2.24) is 28.1 Å². The zero-order valence-electron chi connectivity index (χ0n) is 28.6. The fourth-order valence-corrected chi connectivity index (χ4v) is 9.66. The zero-order chi connectivity index (χ0) is 40.3. The second-order valence-electron chi connectivity index (χ2n) is 12.4. The van der Waals surface area contributed by atoms with Crippen LogP contribution in [0.15, 0.2) is 48.5 Å². The summed E-state index contributed by atoms with van der Waals surface area (Å²) >= 11 is 0.263. The van der Waals surface area contributed by atoms with E-state index in [1.807, 2.05) is 4.98 Å². The molecule has 0 radical (unpaired) electrons. The first-order valence-corrected chi connectivity index (χ1v) is 20.6. The molecule has 0 aliphatic carbocycles. The number of aliphatic hydroxyl groups is 3. The molecule has 0 amide bonds. The maximum Gasteiger partial charge on any atom is 0.472 e. The number of fused-ring (bicyclic) bond motifs is 1. The van der Waals surface area contributed by atoms with Crippen molar-refractivity contribution < 1.29 is 62.4 Å². The summed E-state index contributed by atoms with van der Waals surface area (Å²) in [6.07, 6.45) is -12.4. The molecule has 24 nitrogen and oxygen atoms in total. The van der Waals surface area contributed by atoms with Gasteiger partial charge in [0.2, 0.25) is 0 Å². The van der Waals surface area contributed by atoms with Crippen LogP contribution in [0.5, 0.6) is 5.88 Å². The summed E-state index contributed by atoms with van der Waals surface area (Å²) in [4.78, 5) is 89.2. The Hall–Kier alpha value is -3.81. The molecule has 0 spiro atoms. The van der Waals surface area contributed by atoms with Gasteiger partial charge in [0.05, 0.1) is 18.9 Å². The van der Waals surface area contributed by atoms with Crippen LogP contribution in [0.1, 0.15) is 35.0 Å². The molecule has 2 saturated heterocycles. The molecule has 4 aromatic heterocycles. The lowest BCUT2D eigenvalue weighted by Crippen LogP contribution is -2.40. The third kappa shape index (κ3) is 7.81. The zero-order valence-corrected chi connectivity index (χ0v) is 31.2. The third-order valence-corrected chi connectivity index (χ3v) is 12.9. The van der Waals surface area contributed by atoms with Crippen LogP contribution in [-0.4, -0.2) is 103 Å². The van der Waals surface area contributed by atoms with Crippen molar-refractivity contribution in [2.45, 2.75) is 75.6 Å². The molecule has 55 heavy (non-hydrogen) atoms. The average molecular weight is 836 g/mol. The van der Waals surface area contributed by atoms with Gasteiger partial charge in [-0.25, -0.2) is 23.7 Å². The normalized spacial score (nSPS) is 27.8. The van der Waals surface area contributed by atoms with E-state index in [1.54, 1.807) is 6.92 Å². The number of aliphatic hydroxyl groups excluding tert-OH is 3. The van der Waals surface area contributed by atoms with E-state index < -0.39 is 117 Å². The number of nitrogens with zero attached hydrogens (tertiary/aromatic N) is 5. The van der Waals surface area contributed by atoms with Gasteiger partial charge >= 0.3 is 26.0 Å². The number of phosphoric acid groups is 1. The molecule has 0 bridgehead atoms. The lowest BCUT2D eigenvalue weighted by atomic mass is 10.1.